The summed E-state index contributed by atoms with van der Waals surface area (Å²) < 4.78 is 5.23. The maximum absolute atomic E-state index is 12.7. The Morgan fingerprint density at radius 1 is 0.926 bits per heavy atom. The highest BCUT2D eigenvalue weighted by Crippen LogP contribution is 2.31. The topological polar surface area (TPSA) is 58.6 Å². The molecule has 1 N–H and O–H groups in total. The molecule has 3 aromatic carbocycles. The van der Waals surface area contributed by atoms with Crippen LogP contribution in [0, 0.1) is 0 Å². The lowest BCUT2D eigenvalue weighted by molar-refractivity contribution is -0.133. The Kier molecular flexibility index (Phi) is 4.58. The standard InChI is InChI=1S/C22H18N2O3/c25-21(14-24-15-22(26)27-20-13-7-6-12-19(20)24)23-18-11-5-4-10-17(18)16-8-2-1-3-9-16/h1-13H,14-15H2,(H,23,25). The number of anilines is 2. The van der Waals surface area contributed by atoms with E-state index in [-0.39, 0.29) is 25.0 Å². The van der Waals surface area contributed by atoms with E-state index in [1.807, 2.05) is 66.7 Å². The summed E-state index contributed by atoms with van der Waals surface area (Å²) in [7, 11) is 0. The third kappa shape index (κ3) is 3.67. The highest BCUT2D eigenvalue weighted by molar-refractivity contribution is 5.99. The Morgan fingerprint density at radius 2 is 1.63 bits per heavy atom. The van der Waals surface area contributed by atoms with Crippen molar-refractivity contribution in [2.45, 2.75) is 0 Å². The predicted molar refractivity (Wildman–Crippen MR) is 105 cm³/mol. The number of rotatable bonds is 4. The molecule has 0 bridgehead atoms. The summed E-state index contributed by atoms with van der Waals surface area (Å²) in [5.41, 5.74) is 3.45. The molecule has 3 aromatic rings. The molecule has 1 heterocycles. The molecule has 0 saturated carbocycles. The van der Waals surface area contributed by atoms with E-state index in [4.69, 9.17) is 4.74 Å². The van der Waals surface area contributed by atoms with Gasteiger partial charge in [0.25, 0.3) is 0 Å². The van der Waals surface area contributed by atoms with Gasteiger partial charge in [0.2, 0.25) is 5.91 Å². The van der Waals surface area contributed by atoms with Crippen LogP contribution in [-0.4, -0.2) is 25.0 Å². The molecule has 1 aliphatic heterocycles. The van der Waals surface area contributed by atoms with Gasteiger partial charge >= 0.3 is 5.97 Å². The van der Waals surface area contributed by atoms with Crippen molar-refractivity contribution in [3.8, 4) is 16.9 Å². The SMILES string of the molecule is O=C(CN1CC(=O)Oc2ccccc21)Nc1ccccc1-c1ccccc1. The van der Waals surface area contributed by atoms with Crippen LogP contribution >= 0.6 is 0 Å². The van der Waals surface area contributed by atoms with Gasteiger partial charge in [-0.05, 0) is 23.8 Å². The number of esters is 1. The average molecular weight is 358 g/mol. The summed E-state index contributed by atoms with van der Waals surface area (Å²) in [6, 6.07) is 24.8. The normalized spacial score (nSPS) is 12.9. The number of nitrogens with one attached hydrogen (secondary N) is 1. The van der Waals surface area contributed by atoms with Gasteiger partial charge in [-0.25, -0.2) is 4.79 Å². The second kappa shape index (κ2) is 7.33. The van der Waals surface area contributed by atoms with E-state index in [2.05, 4.69) is 5.32 Å². The van der Waals surface area contributed by atoms with Crippen molar-refractivity contribution < 1.29 is 14.3 Å². The quantitative estimate of drug-likeness (QED) is 0.570. The Balaban J connectivity index is 1.54. The molecule has 1 amide bonds. The molecule has 0 spiro atoms. The molecule has 5 nitrogen and oxygen atoms in total. The Morgan fingerprint density at radius 3 is 2.48 bits per heavy atom. The summed E-state index contributed by atoms with van der Waals surface area (Å²) in [5, 5.41) is 2.97. The second-order valence-electron chi connectivity index (χ2n) is 6.26. The summed E-state index contributed by atoms with van der Waals surface area (Å²) in [6.45, 7) is 0.111. The van der Waals surface area contributed by atoms with Crippen molar-refractivity contribution in [3.05, 3.63) is 78.9 Å². The molecule has 27 heavy (non-hydrogen) atoms. The molecule has 0 atom stereocenters. The van der Waals surface area contributed by atoms with Gasteiger partial charge in [-0.15, -0.1) is 0 Å². The van der Waals surface area contributed by atoms with Gasteiger partial charge in [-0.3, -0.25) is 4.79 Å². The minimum absolute atomic E-state index is 0.0464. The fraction of sp³-hybridized carbons (Fsp3) is 0.0909. The molecule has 5 heteroatoms. The van der Waals surface area contributed by atoms with Crippen molar-refractivity contribution >= 4 is 23.3 Å². The van der Waals surface area contributed by atoms with Gasteiger partial charge in [0, 0.05) is 11.3 Å². The van der Waals surface area contributed by atoms with E-state index in [1.165, 1.54) is 0 Å². The van der Waals surface area contributed by atoms with E-state index in [0.29, 0.717) is 5.75 Å². The monoisotopic (exact) mass is 358 g/mol. The first kappa shape index (κ1) is 16.8. The molecule has 0 aromatic heterocycles. The third-order valence-corrected chi connectivity index (χ3v) is 4.37. The average Bonchev–Trinajstić information content (AvgIpc) is 2.69. The highest BCUT2D eigenvalue weighted by atomic mass is 16.5. The van der Waals surface area contributed by atoms with Crippen LogP contribution in [0.5, 0.6) is 5.75 Å². The number of carbonyl (C=O) groups is 2. The molecule has 4 rings (SSSR count). The number of nitrogens with zero attached hydrogens (tertiary/aromatic N) is 1. The molecule has 0 saturated heterocycles. The van der Waals surface area contributed by atoms with Crippen molar-refractivity contribution in [1.29, 1.82) is 0 Å². The van der Waals surface area contributed by atoms with Crippen molar-refractivity contribution in [3.63, 3.8) is 0 Å². The van der Waals surface area contributed by atoms with Gasteiger partial charge in [0.15, 0.2) is 5.75 Å². The van der Waals surface area contributed by atoms with Gasteiger partial charge in [-0.2, -0.15) is 0 Å². The molecule has 1 aliphatic rings. The molecule has 0 aliphatic carbocycles. The molecule has 134 valence electrons. The Labute approximate surface area is 157 Å². The molecule has 0 unspecified atom stereocenters. The zero-order chi connectivity index (χ0) is 18.6. The highest BCUT2D eigenvalue weighted by Gasteiger charge is 2.25. The minimum Gasteiger partial charge on any atom is -0.423 e. The Hall–Kier alpha value is -3.60. The number of benzene rings is 3. The zero-order valence-corrected chi connectivity index (χ0v) is 14.6. The van der Waals surface area contributed by atoms with E-state index in [9.17, 15) is 9.59 Å². The van der Waals surface area contributed by atoms with E-state index in [0.717, 1.165) is 22.5 Å². The van der Waals surface area contributed by atoms with E-state index >= 15 is 0 Å². The molecule has 0 radical (unpaired) electrons. The van der Waals surface area contributed by atoms with Crippen LogP contribution in [0.1, 0.15) is 0 Å². The fourth-order valence-electron chi connectivity index (χ4n) is 3.17. The number of fused-ring (bicyclic) bond motifs is 1. The van der Waals surface area contributed by atoms with Crippen molar-refractivity contribution in [2.24, 2.45) is 0 Å². The van der Waals surface area contributed by atoms with Crippen LogP contribution < -0.4 is 15.0 Å². The van der Waals surface area contributed by atoms with Crippen LogP contribution in [0.2, 0.25) is 0 Å². The van der Waals surface area contributed by atoms with Crippen LogP contribution in [0.4, 0.5) is 11.4 Å². The van der Waals surface area contributed by atoms with Crippen LogP contribution in [0.3, 0.4) is 0 Å². The van der Waals surface area contributed by atoms with Gasteiger partial charge in [-0.1, -0.05) is 60.7 Å². The third-order valence-electron chi connectivity index (χ3n) is 4.37. The first-order chi connectivity index (χ1) is 13.2. The number of hydrogen-bond acceptors (Lipinski definition) is 4. The van der Waals surface area contributed by atoms with Crippen LogP contribution in [0.25, 0.3) is 11.1 Å². The first-order valence-corrected chi connectivity index (χ1v) is 8.70. The second-order valence-corrected chi connectivity index (χ2v) is 6.26. The summed E-state index contributed by atoms with van der Waals surface area (Å²) in [4.78, 5) is 26.2. The lowest BCUT2D eigenvalue weighted by Crippen LogP contribution is -2.41. The van der Waals surface area contributed by atoms with E-state index in [1.54, 1.807) is 17.0 Å². The number of para-hydroxylation sites is 3. The smallest absolute Gasteiger partial charge is 0.331 e. The van der Waals surface area contributed by atoms with E-state index < -0.39 is 0 Å². The number of ether oxygens (including phenoxy) is 1. The van der Waals surface area contributed by atoms with Gasteiger partial charge in [0.05, 0.1) is 12.2 Å². The zero-order valence-electron chi connectivity index (χ0n) is 14.6. The summed E-state index contributed by atoms with van der Waals surface area (Å²) in [5.74, 6) is -0.0831. The minimum atomic E-state index is -0.369. The lowest BCUT2D eigenvalue weighted by Gasteiger charge is -2.29. The molecule has 0 fully saturated rings. The fourth-order valence-corrected chi connectivity index (χ4v) is 3.17. The maximum Gasteiger partial charge on any atom is 0.331 e. The summed E-state index contributed by atoms with van der Waals surface area (Å²) >= 11 is 0. The number of hydrogen-bond donors (Lipinski definition) is 1. The number of amides is 1. The first-order valence-electron chi connectivity index (χ1n) is 8.70. The van der Waals surface area contributed by atoms with Crippen molar-refractivity contribution in [2.75, 3.05) is 23.3 Å². The maximum atomic E-state index is 12.7. The largest absolute Gasteiger partial charge is 0.423 e. The van der Waals surface area contributed by atoms with Crippen LogP contribution in [0.15, 0.2) is 78.9 Å². The van der Waals surface area contributed by atoms with Crippen molar-refractivity contribution in [1.82, 2.24) is 0 Å². The molecular weight excluding hydrogens is 340 g/mol. The lowest BCUT2D eigenvalue weighted by atomic mass is 10.0. The van der Waals surface area contributed by atoms with Gasteiger partial charge < -0.3 is 15.0 Å². The summed E-state index contributed by atoms with van der Waals surface area (Å²) in [6.07, 6.45) is 0. The van der Waals surface area contributed by atoms with Crippen LogP contribution in [-0.2, 0) is 9.59 Å². The molecular formula is C22H18N2O3. The number of carbonyl (C=O) groups excluding carboxylic acids is 2. The van der Waals surface area contributed by atoms with Gasteiger partial charge in [0.1, 0.15) is 6.54 Å². The Bertz CT molecular complexity index is 986. The predicted octanol–water partition coefficient (Wildman–Crippen LogP) is 3.72.